The predicted molar refractivity (Wildman–Crippen MR) is 70.9 cm³/mol. The van der Waals surface area contributed by atoms with Crippen molar-refractivity contribution >= 4 is 21.6 Å². The molecule has 5 heteroatoms. The molecule has 0 spiro atoms. The molecule has 0 unspecified atom stereocenters. The smallest absolute Gasteiger partial charge is 0.0729 e. The fourth-order valence-corrected chi connectivity index (χ4v) is 1.63. The van der Waals surface area contributed by atoms with E-state index in [1.165, 1.54) is 0 Å². The summed E-state index contributed by atoms with van der Waals surface area (Å²) in [5.74, 6) is 0. The van der Waals surface area contributed by atoms with Gasteiger partial charge in [-0.3, -0.25) is 0 Å². The first-order valence-electron chi connectivity index (χ1n) is 5.43. The zero-order valence-electron chi connectivity index (χ0n) is 9.95. The Bertz CT molecular complexity index is 334. The zero-order valence-corrected chi connectivity index (χ0v) is 11.5. The molecule has 0 aliphatic rings. The summed E-state index contributed by atoms with van der Waals surface area (Å²) in [5.41, 5.74) is 7.53. The summed E-state index contributed by atoms with van der Waals surface area (Å²) < 4.78 is 16.5. The fourth-order valence-electron chi connectivity index (χ4n) is 1.26. The fraction of sp³-hybridized carbons (Fsp3) is 0.500. The van der Waals surface area contributed by atoms with Gasteiger partial charge < -0.3 is 19.9 Å². The largest absolute Gasteiger partial charge is 0.398 e. The molecule has 1 aromatic carbocycles. The van der Waals surface area contributed by atoms with Crippen LogP contribution in [0, 0.1) is 0 Å². The quantitative estimate of drug-likeness (QED) is 0.591. The second-order valence-electron chi connectivity index (χ2n) is 3.48. The van der Waals surface area contributed by atoms with Gasteiger partial charge in [-0.1, -0.05) is 12.1 Å². The van der Waals surface area contributed by atoms with Crippen LogP contribution in [0.2, 0.25) is 0 Å². The van der Waals surface area contributed by atoms with Gasteiger partial charge in [0.05, 0.1) is 33.0 Å². The van der Waals surface area contributed by atoms with Crippen molar-refractivity contribution in [1.29, 1.82) is 0 Å². The van der Waals surface area contributed by atoms with E-state index in [-0.39, 0.29) is 0 Å². The van der Waals surface area contributed by atoms with Gasteiger partial charge >= 0.3 is 0 Å². The Balaban J connectivity index is 2.16. The normalized spacial score (nSPS) is 10.7. The van der Waals surface area contributed by atoms with Gasteiger partial charge in [-0.15, -0.1) is 0 Å². The molecule has 0 aliphatic heterocycles. The Hall–Kier alpha value is -0.620. The lowest BCUT2D eigenvalue weighted by Crippen LogP contribution is -2.08. The number of anilines is 1. The molecular weight excluding hydrogens is 286 g/mol. The third kappa shape index (κ3) is 5.50. The first kappa shape index (κ1) is 14.4. The van der Waals surface area contributed by atoms with Crippen molar-refractivity contribution in [2.24, 2.45) is 0 Å². The maximum absolute atomic E-state index is 5.76. The van der Waals surface area contributed by atoms with E-state index < -0.39 is 0 Å². The van der Waals surface area contributed by atoms with Crippen LogP contribution in [0.3, 0.4) is 0 Å². The van der Waals surface area contributed by atoms with Crippen molar-refractivity contribution in [2.45, 2.75) is 6.61 Å². The van der Waals surface area contributed by atoms with Crippen molar-refractivity contribution in [2.75, 3.05) is 39.3 Å². The van der Waals surface area contributed by atoms with Crippen LogP contribution in [0.15, 0.2) is 22.7 Å². The molecule has 0 saturated carbocycles. The highest BCUT2D eigenvalue weighted by Crippen LogP contribution is 2.24. The minimum atomic E-state index is 0.527. The van der Waals surface area contributed by atoms with E-state index in [0.29, 0.717) is 33.0 Å². The third-order valence-electron chi connectivity index (χ3n) is 2.17. The standard InChI is InChI=1S/C12H18BrNO3/c1-15-5-6-16-7-8-17-9-10-3-2-4-11(14)12(10)13/h2-4H,5-9,14H2,1H3. The molecule has 0 aromatic heterocycles. The number of halogens is 1. The molecule has 0 saturated heterocycles. The number of hydrogen-bond acceptors (Lipinski definition) is 4. The van der Waals surface area contributed by atoms with Gasteiger partial charge in [-0.05, 0) is 27.6 Å². The highest BCUT2D eigenvalue weighted by atomic mass is 79.9. The second kappa shape index (κ2) is 8.47. The monoisotopic (exact) mass is 303 g/mol. The van der Waals surface area contributed by atoms with Gasteiger partial charge in [-0.25, -0.2) is 0 Å². The minimum Gasteiger partial charge on any atom is -0.398 e. The number of rotatable bonds is 8. The van der Waals surface area contributed by atoms with E-state index in [0.717, 1.165) is 15.7 Å². The average molecular weight is 304 g/mol. The van der Waals surface area contributed by atoms with Crippen molar-refractivity contribution < 1.29 is 14.2 Å². The first-order chi connectivity index (χ1) is 8.25. The molecule has 0 heterocycles. The predicted octanol–water partition coefficient (Wildman–Crippen LogP) is 2.21. The van der Waals surface area contributed by atoms with E-state index in [4.69, 9.17) is 19.9 Å². The summed E-state index contributed by atoms with van der Waals surface area (Å²) >= 11 is 3.43. The molecule has 0 amide bonds. The Morgan fingerprint density at radius 1 is 1.12 bits per heavy atom. The second-order valence-corrected chi connectivity index (χ2v) is 4.27. The molecule has 0 atom stereocenters. The van der Waals surface area contributed by atoms with Gasteiger partial charge in [0.2, 0.25) is 0 Å². The SMILES string of the molecule is COCCOCCOCc1cccc(N)c1Br. The van der Waals surface area contributed by atoms with Crippen molar-refractivity contribution in [3.05, 3.63) is 28.2 Å². The third-order valence-corrected chi connectivity index (χ3v) is 3.14. The number of ether oxygens (including phenoxy) is 3. The Morgan fingerprint density at radius 3 is 2.59 bits per heavy atom. The van der Waals surface area contributed by atoms with Crippen molar-refractivity contribution in [1.82, 2.24) is 0 Å². The maximum Gasteiger partial charge on any atom is 0.0729 e. The summed E-state index contributed by atoms with van der Waals surface area (Å²) in [6.45, 7) is 2.87. The van der Waals surface area contributed by atoms with E-state index in [1.54, 1.807) is 7.11 Å². The van der Waals surface area contributed by atoms with Crippen LogP contribution >= 0.6 is 15.9 Å². The number of nitrogen functional groups attached to an aromatic ring is 1. The Kier molecular flexibility index (Phi) is 7.19. The molecule has 1 aromatic rings. The lowest BCUT2D eigenvalue weighted by atomic mass is 10.2. The summed E-state index contributed by atoms with van der Waals surface area (Å²) in [6, 6.07) is 5.74. The summed E-state index contributed by atoms with van der Waals surface area (Å²) in [5, 5.41) is 0. The maximum atomic E-state index is 5.76. The van der Waals surface area contributed by atoms with Crippen LogP contribution in [-0.2, 0) is 20.8 Å². The minimum absolute atomic E-state index is 0.527. The molecular formula is C12H18BrNO3. The molecule has 0 radical (unpaired) electrons. The van der Waals surface area contributed by atoms with E-state index >= 15 is 0 Å². The molecule has 17 heavy (non-hydrogen) atoms. The molecule has 4 nitrogen and oxygen atoms in total. The average Bonchev–Trinajstić information content (AvgIpc) is 2.33. The topological polar surface area (TPSA) is 53.7 Å². The molecule has 1 rings (SSSR count). The number of benzene rings is 1. The molecule has 96 valence electrons. The number of nitrogens with two attached hydrogens (primary N) is 1. The number of hydrogen-bond donors (Lipinski definition) is 1. The van der Waals surface area contributed by atoms with Crippen molar-refractivity contribution in [3.63, 3.8) is 0 Å². The van der Waals surface area contributed by atoms with Crippen LogP contribution in [0.1, 0.15) is 5.56 Å². The van der Waals surface area contributed by atoms with Crippen LogP contribution in [0.5, 0.6) is 0 Å². The van der Waals surface area contributed by atoms with Crippen LogP contribution in [0.4, 0.5) is 5.69 Å². The summed E-state index contributed by atoms with van der Waals surface area (Å²) in [7, 11) is 1.65. The van der Waals surface area contributed by atoms with E-state index in [2.05, 4.69) is 15.9 Å². The van der Waals surface area contributed by atoms with Crippen molar-refractivity contribution in [3.8, 4) is 0 Å². The highest BCUT2D eigenvalue weighted by molar-refractivity contribution is 9.10. The van der Waals surface area contributed by atoms with Crippen LogP contribution < -0.4 is 5.73 Å². The summed E-state index contributed by atoms with van der Waals surface area (Å²) in [6.07, 6.45) is 0. The Labute approximate surface area is 110 Å². The van der Waals surface area contributed by atoms with E-state index in [1.807, 2.05) is 18.2 Å². The Morgan fingerprint density at radius 2 is 1.82 bits per heavy atom. The van der Waals surface area contributed by atoms with E-state index in [9.17, 15) is 0 Å². The van der Waals surface area contributed by atoms with Gasteiger partial charge in [0.1, 0.15) is 0 Å². The van der Waals surface area contributed by atoms with Gasteiger partial charge in [-0.2, -0.15) is 0 Å². The lowest BCUT2D eigenvalue weighted by molar-refractivity contribution is 0.0198. The number of methoxy groups -OCH3 is 1. The van der Waals surface area contributed by atoms with Gasteiger partial charge in [0.25, 0.3) is 0 Å². The first-order valence-corrected chi connectivity index (χ1v) is 6.22. The molecule has 2 N–H and O–H groups in total. The lowest BCUT2D eigenvalue weighted by Gasteiger charge is -2.08. The van der Waals surface area contributed by atoms with Gasteiger partial charge in [0.15, 0.2) is 0 Å². The van der Waals surface area contributed by atoms with Gasteiger partial charge in [0, 0.05) is 17.3 Å². The van der Waals surface area contributed by atoms with Crippen LogP contribution in [0.25, 0.3) is 0 Å². The molecule has 0 bridgehead atoms. The zero-order chi connectivity index (χ0) is 12.5. The van der Waals surface area contributed by atoms with Crippen LogP contribution in [-0.4, -0.2) is 33.5 Å². The molecule has 0 aliphatic carbocycles. The summed E-state index contributed by atoms with van der Waals surface area (Å²) in [4.78, 5) is 0. The molecule has 0 fully saturated rings. The highest BCUT2D eigenvalue weighted by Gasteiger charge is 2.02.